The van der Waals surface area contributed by atoms with E-state index < -0.39 is 5.82 Å². The van der Waals surface area contributed by atoms with Crippen molar-refractivity contribution in [3.05, 3.63) is 29.4 Å². The van der Waals surface area contributed by atoms with Crippen LogP contribution < -0.4 is 4.90 Å². The maximum absolute atomic E-state index is 13.4. The molecule has 3 rings (SSSR count). The quantitative estimate of drug-likeness (QED) is 0.856. The van der Waals surface area contributed by atoms with Crippen molar-refractivity contribution in [3.8, 4) is 17.0 Å². The van der Waals surface area contributed by atoms with Crippen molar-refractivity contribution in [2.45, 2.75) is 19.8 Å². The van der Waals surface area contributed by atoms with E-state index in [-0.39, 0.29) is 17.6 Å². The molecule has 1 aliphatic rings. The van der Waals surface area contributed by atoms with Gasteiger partial charge in [-0.3, -0.25) is 4.79 Å². The first-order valence-corrected chi connectivity index (χ1v) is 8.82. The number of phenols is 1. The van der Waals surface area contributed by atoms with Gasteiger partial charge >= 0.3 is 5.97 Å². The number of esters is 1. The normalized spacial score (nSPS) is 15.5. The van der Waals surface area contributed by atoms with Crippen molar-refractivity contribution in [1.29, 1.82) is 0 Å². The number of aromatic hydroxyl groups is 1. The molecule has 2 aromatic rings. The lowest BCUT2D eigenvalue weighted by Gasteiger charge is -2.30. The minimum absolute atomic E-state index is 0.00858. The fourth-order valence-corrected chi connectivity index (χ4v) is 3.69. The third kappa shape index (κ3) is 3.51. The van der Waals surface area contributed by atoms with Crippen LogP contribution in [-0.2, 0) is 9.53 Å². The molecule has 1 aromatic heterocycles. The van der Waals surface area contributed by atoms with Gasteiger partial charge in [-0.1, -0.05) is 0 Å². The first-order valence-electron chi connectivity index (χ1n) is 7.94. The zero-order valence-electron chi connectivity index (χ0n) is 13.4. The highest BCUT2D eigenvalue weighted by molar-refractivity contribution is 7.14. The number of nitrogens with zero attached hydrogens (tertiary/aromatic N) is 2. The number of benzene rings is 1. The topological polar surface area (TPSA) is 62.7 Å². The highest BCUT2D eigenvalue weighted by Crippen LogP contribution is 2.34. The Labute approximate surface area is 143 Å². The summed E-state index contributed by atoms with van der Waals surface area (Å²) >= 11 is 1.45. The van der Waals surface area contributed by atoms with Crippen LogP contribution in [-0.4, -0.2) is 35.8 Å². The van der Waals surface area contributed by atoms with Crippen molar-refractivity contribution in [2.75, 3.05) is 24.6 Å². The molecule has 1 aromatic carbocycles. The lowest BCUT2D eigenvalue weighted by atomic mass is 9.97. The number of ether oxygens (including phenoxy) is 1. The minimum atomic E-state index is -0.410. The molecule has 0 radical (unpaired) electrons. The second-order valence-electron chi connectivity index (χ2n) is 5.69. The molecule has 0 amide bonds. The molecule has 1 N–H and O–H groups in total. The number of carbonyl (C=O) groups excluding carboxylic acids is 1. The SMILES string of the molecule is CCOC(=O)C1CCN(c2nc(-c3cc(F)ccc3O)cs2)CC1. The lowest BCUT2D eigenvalue weighted by Crippen LogP contribution is -2.36. The number of rotatable bonds is 4. The number of thiazole rings is 1. The molecule has 0 aliphatic carbocycles. The summed E-state index contributed by atoms with van der Waals surface area (Å²) in [5.41, 5.74) is 0.943. The van der Waals surface area contributed by atoms with Gasteiger partial charge in [-0.05, 0) is 38.0 Å². The van der Waals surface area contributed by atoms with Crippen LogP contribution in [0.15, 0.2) is 23.6 Å². The molecule has 24 heavy (non-hydrogen) atoms. The van der Waals surface area contributed by atoms with Gasteiger partial charge in [0.25, 0.3) is 0 Å². The highest BCUT2D eigenvalue weighted by atomic mass is 32.1. The first kappa shape index (κ1) is 16.7. The summed E-state index contributed by atoms with van der Waals surface area (Å²) in [6.45, 7) is 3.68. The number of hydrogen-bond acceptors (Lipinski definition) is 6. The predicted molar refractivity (Wildman–Crippen MR) is 90.7 cm³/mol. The Morgan fingerprint density at radius 2 is 2.21 bits per heavy atom. The second kappa shape index (κ2) is 7.17. The Morgan fingerprint density at radius 3 is 2.92 bits per heavy atom. The van der Waals surface area contributed by atoms with E-state index in [0.717, 1.165) is 31.1 Å². The second-order valence-corrected chi connectivity index (χ2v) is 6.53. The first-order chi connectivity index (χ1) is 11.6. The van der Waals surface area contributed by atoms with Crippen molar-refractivity contribution in [3.63, 3.8) is 0 Å². The maximum Gasteiger partial charge on any atom is 0.309 e. The summed E-state index contributed by atoms with van der Waals surface area (Å²) < 4.78 is 18.5. The van der Waals surface area contributed by atoms with Crippen molar-refractivity contribution >= 4 is 22.4 Å². The zero-order valence-corrected chi connectivity index (χ0v) is 14.2. The van der Waals surface area contributed by atoms with Gasteiger partial charge in [-0.25, -0.2) is 9.37 Å². The largest absolute Gasteiger partial charge is 0.507 e. The van der Waals surface area contributed by atoms with Gasteiger partial charge in [-0.15, -0.1) is 11.3 Å². The van der Waals surface area contributed by atoms with E-state index in [2.05, 4.69) is 9.88 Å². The molecule has 0 atom stereocenters. The van der Waals surface area contributed by atoms with Crippen LogP contribution in [0.1, 0.15) is 19.8 Å². The van der Waals surface area contributed by atoms with Crippen molar-refractivity contribution < 1.29 is 19.0 Å². The van der Waals surface area contributed by atoms with Gasteiger partial charge < -0.3 is 14.7 Å². The van der Waals surface area contributed by atoms with Gasteiger partial charge in [0, 0.05) is 24.0 Å². The Bertz CT molecular complexity index is 726. The average molecular weight is 350 g/mol. The van der Waals surface area contributed by atoms with Crippen LogP contribution in [0, 0.1) is 11.7 Å². The number of aromatic nitrogens is 1. The fourth-order valence-electron chi connectivity index (χ4n) is 2.81. The van der Waals surface area contributed by atoms with Crippen LogP contribution in [0.3, 0.4) is 0 Å². The zero-order chi connectivity index (χ0) is 17.1. The number of piperidine rings is 1. The molecule has 0 saturated carbocycles. The van der Waals surface area contributed by atoms with E-state index in [0.29, 0.717) is 17.9 Å². The molecule has 7 heteroatoms. The molecule has 2 heterocycles. The van der Waals surface area contributed by atoms with Crippen LogP contribution in [0.4, 0.5) is 9.52 Å². The van der Waals surface area contributed by atoms with Gasteiger partial charge in [-0.2, -0.15) is 0 Å². The van der Waals surface area contributed by atoms with Crippen LogP contribution >= 0.6 is 11.3 Å². The minimum Gasteiger partial charge on any atom is -0.507 e. The number of phenolic OH excluding ortho intramolecular Hbond substituents is 1. The Hall–Kier alpha value is -2.15. The smallest absolute Gasteiger partial charge is 0.309 e. The highest BCUT2D eigenvalue weighted by Gasteiger charge is 2.27. The van der Waals surface area contributed by atoms with Gasteiger partial charge in [0.1, 0.15) is 11.6 Å². The molecule has 128 valence electrons. The summed E-state index contributed by atoms with van der Waals surface area (Å²) in [7, 11) is 0. The molecule has 0 spiro atoms. The standard InChI is InChI=1S/C17H19FN2O3S/c1-2-23-16(22)11-5-7-20(8-6-11)17-19-14(10-24-17)13-9-12(18)3-4-15(13)21/h3-4,9-11,21H,2,5-8H2,1H3. The van der Waals surface area contributed by atoms with Gasteiger partial charge in [0.05, 0.1) is 18.2 Å². The van der Waals surface area contributed by atoms with Crippen LogP contribution in [0.2, 0.25) is 0 Å². The Kier molecular flexibility index (Phi) is 4.99. The van der Waals surface area contributed by atoms with E-state index in [1.165, 1.54) is 29.5 Å². The maximum atomic E-state index is 13.4. The molecule has 1 fully saturated rings. The summed E-state index contributed by atoms with van der Waals surface area (Å²) in [6.07, 6.45) is 1.47. The Morgan fingerprint density at radius 1 is 1.46 bits per heavy atom. The molecular weight excluding hydrogens is 331 g/mol. The molecule has 1 saturated heterocycles. The van der Waals surface area contributed by atoms with Gasteiger partial charge in [0.15, 0.2) is 5.13 Å². The van der Waals surface area contributed by atoms with Crippen molar-refractivity contribution in [1.82, 2.24) is 4.98 Å². The lowest BCUT2D eigenvalue weighted by molar-refractivity contribution is -0.148. The summed E-state index contributed by atoms with van der Waals surface area (Å²) in [6, 6.07) is 3.82. The third-order valence-corrected chi connectivity index (χ3v) is 5.01. The number of hydrogen-bond donors (Lipinski definition) is 1. The summed E-state index contributed by atoms with van der Waals surface area (Å²) in [4.78, 5) is 18.4. The van der Waals surface area contributed by atoms with E-state index in [9.17, 15) is 14.3 Å². The van der Waals surface area contributed by atoms with E-state index >= 15 is 0 Å². The van der Waals surface area contributed by atoms with E-state index in [1.54, 1.807) is 5.38 Å². The molecular formula is C17H19FN2O3S. The van der Waals surface area contributed by atoms with Crippen molar-refractivity contribution in [2.24, 2.45) is 5.92 Å². The number of halogens is 1. The monoisotopic (exact) mass is 350 g/mol. The van der Waals surface area contributed by atoms with Crippen LogP contribution in [0.5, 0.6) is 5.75 Å². The van der Waals surface area contributed by atoms with Gasteiger partial charge in [0.2, 0.25) is 0 Å². The molecule has 0 bridgehead atoms. The van der Waals surface area contributed by atoms with Crippen LogP contribution in [0.25, 0.3) is 11.3 Å². The number of carbonyl (C=O) groups is 1. The fraction of sp³-hybridized carbons (Fsp3) is 0.412. The molecule has 0 unspecified atom stereocenters. The summed E-state index contributed by atoms with van der Waals surface area (Å²) in [5, 5.41) is 12.5. The molecule has 1 aliphatic heterocycles. The number of anilines is 1. The van der Waals surface area contributed by atoms with E-state index in [1.807, 2.05) is 6.92 Å². The Balaban J connectivity index is 1.69. The average Bonchev–Trinajstić information content (AvgIpc) is 3.07. The summed E-state index contributed by atoms with van der Waals surface area (Å²) in [5.74, 6) is -0.573. The third-order valence-electron chi connectivity index (χ3n) is 4.11. The predicted octanol–water partition coefficient (Wildman–Crippen LogP) is 3.43. The van der Waals surface area contributed by atoms with E-state index in [4.69, 9.17) is 4.74 Å². The molecule has 5 nitrogen and oxygen atoms in total.